The standard InChI is InChI=1S/C47H68O16/c1-25-9-10-31-33(21-36(56-31)47(54)38(49)27(3)13-19-55-47)57-40(51)28(4)30-8-7-14-45(58-30)16-11-32(59-45)39(50)43(6)23-29(48)37(62-43)34-24-44(41(52)53)17-18-46(60-34,63-44)35-12-15-42(5,61-35)22-26(2)20-25/h9-10,20,26-28,30-39,49-50,54H,7-8,11-19,21-24H2,1-6H3,(H,52,53)/b10-9-,25-20-/t26-,27+,28+,30-,31+,32-,33+,34+,35+,36-,37-,38+,39-,42+,43+,44-,45+,46-,47+/m0/s1. The third-order valence-electron chi connectivity index (χ3n) is 16.0. The molecule has 16 nitrogen and oxygen atoms in total. The Hall–Kier alpha value is -2.35. The largest absolute Gasteiger partial charge is 0.479 e. The molecule has 9 aliphatic heterocycles. The van der Waals surface area contributed by atoms with Gasteiger partial charge in [-0.2, -0.15) is 0 Å². The van der Waals surface area contributed by atoms with Crippen LogP contribution in [0.15, 0.2) is 23.8 Å². The molecule has 0 amide bonds. The third kappa shape index (κ3) is 8.18. The van der Waals surface area contributed by atoms with E-state index in [-0.39, 0.29) is 56.3 Å². The lowest BCUT2D eigenvalue weighted by Gasteiger charge is -2.46. The average Bonchev–Trinajstić information content (AvgIpc) is 4.06. The number of carbonyl (C=O) groups excluding carboxylic acids is 2. The molecular formula is C47H68O16. The predicted molar refractivity (Wildman–Crippen MR) is 220 cm³/mol. The van der Waals surface area contributed by atoms with Crippen LogP contribution < -0.4 is 0 Å². The number of allylic oxidation sites excluding steroid dienone is 3. The molecule has 2 spiro atoms. The summed E-state index contributed by atoms with van der Waals surface area (Å²) in [4.78, 5) is 40.9. The number of aliphatic hydroxyl groups excluding tert-OH is 2. The van der Waals surface area contributed by atoms with Crippen LogP contribution in [0.2, 0.25) is 0 Å². The highest BCUT2D eigenvalue weighted by atomic mass is 16.8. The van der Waals surface area contributed by atoms with Gasteiger partial charge in [-0.05, 0) is 90.9 Å². The van der Waals surface area contributed by atoms with Crippen molar-refractivity contribution in [2.24, 2.45) is 17.8 Å². The molecule has 0 aromatic heterocycles. The van der Waals surface area contributed by atoms with Crippen molar-refractivity contribution in [1.29, 1.82) is 0 Å². The number of ketones is 1. The number of aliphatic carboxylic acids is 1. The Kier molecular flexibility index (Phi) is 12.0. The van der Waals surface area contributed by atoms with E-state index >= 15 is 0 Å². The summed E-state index contributed by atoms with van der Waals surface area (Å²) >= 11 is 0. The zero-order chi connectivity index (χ0) is 44.9. The summed E-state index contributed by atoms with van der Waals surface area (Å²) in [5.41, 5.74) is -2.63. The lowest BCUT2D eigenvalue weighted by Crippen LogP contribution is -2.60. The number of hydrogen-bond donors (Lipinski definition) is 4. The molecule has 0 aromatic rings. The van der Waals surface area contributed by atoms with Crippen LogP contribution in [0, 0.1) is 17.8 Å². The lowest BCUT2D eigenvalue weighted by molar-refractivity contribution is -0.358. The van der Waals surface area contributed by atoms with E-state index in [2.05, 4.69) is 13.0 Å². The van der Waals surface area contributed by atoms with E-state index in [1.54, 1.807) is 13.8 Å². The quantitative estimate of drug-likeness (QED) is 0.284. The molecule has 16 heteroatoms. The van der Waals surface area contributed by atoms with E-state index in [9.17, 15) is 34.8 Å². The monoisotopic (exact) mass is 888 g/mol. The second-order valence-corrected chi connectivity index (χ2v) is 21.1. The summed E-state index contributed by atoms with van der Waals surface area (Å²) in [6.45, 7) is 11.6. The number of carbonyl (C=O) groups is 3. The van der Waals surface area contributed by atoms with Crippen molar-refractivity contribution in [1.82, 2.24) is 0 Å². The highest BCUT2D eigenvalue weighted by Gasteiger charge is 2.68. The zero-order valence-corrected chi connectivity index (χ0v) is 37.5. The van der Waals surface area contributed by atoms with E-state index < -0.39 is 113 Å². The van der Waals surface area contributed by atoms with Crippen LogP contribution in [0.3, 0.4) is 0 Å². The summed E-state index contributed by atoms with van der Waals surface area (Å²) < 4.78 is 58.2. The predicted octanol–water partition coefficient (Wildman–Crippen LogP) is 4.32. The van der Waals surface area contributed by atoms with Gasteiger partial charge in [-0.15, -0.1) is 0 Å². The molecule has 0 saturated carbocycles. The fourth-order valence-corrected chi connectivity index (χ4v) is 12.5. The Bertz CT molecular complexity index is 1860. The molecule has 0 aromatic carbocycles. The highest BCUT2D eigenvalue weighted by molar-refractivity contribution is 5.87. The van der Waals surface area contributed by atoms with Crippen molar-refractivity contribution in [3.63, 3.8) is 0 Å². The number of esters is 1. The zero-order valence-electron chi connectivity index (χ0n) is 37.5. The Morgan fingerprint density at radius 3 is 2.37 bits per heavy atom. The average molecular weight is 889 g/mol. The van der Waals surface area contributed by atoms with Crippen molar-refractivity contribution in [2.45, 2.75) is 227 Å². The Morgan fingerprint density at radius 1 is 0.810 bits per heavy atom. The molecular weight excluding hydrogens is 821 g/mol. The normalized spacial score (nSPS) is 54.2. The Morgan fingerprint density at radius 2 is 1.59 bits per heavy atom. The molecule has 352 valence electrons. The number of ether oxygens (including phenoxy) is 9. The van der Waals surface area contributed by atoms with Gasteiger partial charge in [0.15, 0.2) is 23.0 Å². The number of rotatable bonds is 2. The molecule has 8 saturated heterocycles. The summed E-state index contributed by atoms with van der Waals surface area (Å²) in [6, 6.07) is 0. The molecule has 9 rings (SSSR count). The van der Waals surface area contributed by atoms with Crippen LogP contribution in [0.1, 0.15) is 131 Å². The minimum Gasteiger partial charge on any atom is -0.479 e. The maximum Gasteiger partial charge on any atom is 0.336 e. The summed E-state index contributed by atoms with van der Waals surface area (Å²) in [5, 5.41) is 45.4. The fourth-order valence-electron chi connectivity index (χ4n) is 12.5. The number of fused-ring (bicyclic) bond motifs is 10. The van der Waals surface area contributed by atoms with Crippen LogP contribution in [0.5, 0.6) is 0 Å². The van der Waals surface area contributed by atoms with E-state index in [1.807, 2.05) is 32.9 Å². The van der Waals surface area contributed by atoms with E-state index in [0.29, 0.717) is 57.8 Å². The maximum atomic E-state index is 14.1. The van der Waals surface area contributed by atoms with Gasteiger partial charge in [0.2, 0.25) is 5.79 Å². The minimum absolute atomic E-state index is 0.0310. The number of carboxylic acids is 1. The SMILES string of the molecule is CC1=C/[C@H](C)C[C@@]2(C)CC[C@@H](O2)[C@@]23CC[C@@](C(=O)O)(C[C@@H](O2)[C@H]2O[C@](C)(CC2=O)[C@@H](O)[C@@H]2CC[C@@]4(CCC[C@H](O4)[C@@H](C)C(=O)O[C@@H]4C[C@@H]([C@@]5(O)OCC[C@@H](C)[C@H]5O)O[C@@H]4/C=C\1)O2)O3. The van der Waals surface area contributed by atoms with Crippen molar-refractivity contribution in [3.05, 3.63) is 23.8 Å². The first-order valence-electron chi connectivity index (χ1n) is 23.5. The summed E-state index contributed by atoms with van der Waals surface area (Å²) in [5.74, 6) is -7.29. The summed E-state index contributed by atoms with van der Waals surface area (Å²) in [7, 11) is 0. The Labute approximate surface area is 369 Å². The first-order valence-corrected chi connectivity index (χ1v) is 23.5. The number of Topliss-reactive ketones (excluding diaryl/α,β-unsaturated/α-hetero) is 1. The van der Waals surface area contributed by atoms with Crippen molar-refractivity contribution < 1.29 is 77.4 Å². The van der Waals surface area contributed by atoms with Gasteiger partial charge in [0.25, 0.3) is 0 Å². The van der Waals surface area contributed by atoms with Gasteiger partial charge in [0.05, 0.1) is 36.4 Å². The second kappa shape index (κ2) is 16.5. The van der Waals surface area contributed by atoms with Gasteiger partial charge < -0.3 is 63.1 Å². The molecule has 9 heterocycles. The number of hydrogen-bond acceptors (Lipinski definition) is 15. The molecule has 9 aliphatic rings. The van der Waals surface area contributed by atoms with Gasteiger partial charge in [-0.25, -0.2) is 4.79 Å². The van der Waals surface area contributed by atoms with Gasteiger partial charge in [-0.3, -0.25) is 9.59 Å². The van der Waals surface area contributed by atoms with Crippen molar-refractivity contribution in [3.8, 4) is 0 Å². The van der Waals surface area contributed by atoms with Gasteiger partial charge in [-0.1, -0.05) is 37.6 Å². The lowest BCUT2D eigenvalue weighted by atomic mass is 9.87. The van der Waals surface area contributed by atoms with Crippen molar-refractivity contribution in [2.75, 3.05) is 6.61 Å². The molecule has 10 bridgehead atoms. The second-order valence-electron chi connectivity index (χ2n) is 21.1. The molecule has 4 N–H and O–H groups in total. The van der Waals surface area contributed by atoms with Crippen LogP contribution in [0.4, 0.5) is 0 Å². The van der Waals surface area contributed by atoms with E-state index in [0.717, 1.165) is 5.57 Å². The molecule has 0 aliphatic carbocycles. The smallest absolute Gasteiger partial charge is 0.336 e. The molecule has 0 unspecified atom stereocenters. The first kappa shape index (κ1) is 45.8. The first-order chi connectivity index (χ1) is 29.7. The Balaban J connectivity index is 1.01. The number of carboxylic acid groups (broad SMARTS) is 1. The van der Waals surface area contributed by atoms with Gasteiger partial charge in [0.1, 0.15) is 48.3 Å². The van der Waals surface area contributed by atoms with Crippen LogP contribution in [-0.4, -0.2) is 140 Å². The minimum atomic E-state index is -1.99. The maximum absolute atomic E-state index is 14.1. The number of aliphatic hydroxyl groups is 3. The summed E-state index contributed by atoms with van der Waals surface area (Å²) in [6.07, 6.45) is 2.32. The van der Waals surface area contributed by atoms with E-state index in [1.165, 1.54) is 0 Å². The van der Waals surface area contributed by atoms with Crippen LogP contribution in [-0.2, 0) is 57.0 Å². The topological polar surface area (TPSA) is 215 Å². The van der Waals surface area contributed by atoms with Crippen LogP contribution in [0.25, 0.3) is 0 Å². The van der Waals surface area contributed by atoms with Crippen LogP contribution >= 0.6 is 0 Å². The molecule has 63 heavy (non-hydrogen) atoms. The van der Waals surface area contributed by atoms with E-state index in [4.69, 9.17) is 42.6 Å². The molecule has 0 radical (unpaired) electrons. The molecule has 8 fully saturated rings. The molecule has 19 atom stereocenters. The van der Waals surface area contributed by atoms with Crippen molar-refractivity contribution >= 4 is 17.7 Å². The highest BCUT2D eigenvalue weighted by Crippen LogP contribution is 2.55. The fraction of sp³-hybridized carbons (Fsp3) is 0.851. The third-order valence-corrected chi connectivity index (χ3v) is 16.0. The van der Waals surface area contributed by atoms with Gasteiger partial charge >= 0.3 is 11.9 Å². The van der Waals surface area contributed by atoms with Gasteiger partial charge in [0, 0.05) is 38.5 Å².